The van der Waals surface area contributed by atoms with Crippen molar-refractivity contribution in [1.82, 2.24) is 9.73 Å². The van der Waals surface area contributed by atoms with E-state index in [4.69, 9.17) is 21.7 Å². The second-order valence-corrected chi connectivity index (χ2v) is 9.88. The zero-order chi connectivity index (χ0) is 24.6. The highest BCUT2D eigenvalue weighted by atomic mass is 32.2. The summed E-state index contributed by atoms with van der Waals surface area (Å²) in [6.07, 6.45) is 1.59. The molecule has 0 saturated heterocycles. The monoisotopic (exact) mass is 498 g/mol. The second-order valence-electron chi connectivity index (χ2n) is 7.32. The van der Waals surface area contributed by atoms with Gasteiger partial charge in [-0.2, -0.15) is 5.10 Å². The van der Waals surface area contributed by atoms with Crippen LogP contribution < -0.4 is 20.2 Å². The Balaban J connectivity index is 1.62. The van der Waals surface area contributed by atoms with E-state index in [0.717, 1.165) is 15.4 Å². The number of nitrogens with zero attached hydrogens (tertiary/aromatic N) is 2. The molecular weight excluding hydrogens is 472 g/mol. The predicted octanol–water partition coefficient (Wildman–Crippen LogP) is 3.85. The van der Waals surface area contributed by atoms with Crippen molar-refractivity contribution in [2.75, 3.05) is 26.5 Å². The van der Waals surface area contributed by atoms with E-state index in [9.17, 15) is 8.42 Å². The Morgan fingerprint density at radius 1 is 1.03 bits per heavy atom. The van der Waals surface area contributed by atoms with Gasteiger partial charge in [-0.3, -0.25) is 5.43 Å². The lowest BCUT2D eigenvalue weighted by Gasteiger charge is -2.13. The summed E-state index contributed by atoms with van der Waals surface area (Å²) in [5.74, 6) is 1.21. The third-order valence-electron chi connectivity index (χ3n) is 4.68. The number of sulfonamides is 1. The van der Waals surface area contributed by atoms with Crippen LogP contribution in [0.1, 0.15) is 11.1 Å². The molecule has 0 unspecified atom stereocenters. The van der Waals surface area contributed by atoms with Crippen LogP contribution in [0.5, 0.6) is 11.5 Å². The zero-order valence-corrected chi connectivity index (χ0v) is 20.7. The Labute approximate surface area is 205 Å². The second kappa shape index (κ2) is 11.6. The average molecular weight is 499 g/mol. The van der Waals surface area contributed by atoms with Gasteiger partial charge < -0.3 is 14.8 Å². The van der Waals surface area contributed by atoms with Crippen molar-refractivity contribution in [2.45, 2.75) is 11.5 Å². The Kier molecular flexibility index (Phi) is 8.58. The third-order valence-corrected chi connectivity index (χ3v) is 6.68. The zero-order valence-electron chi connectivity index (χ0n) is 19.1. The first-order valence-electron chi connectivity index (χ1n) is 10.3. The SMILES string of the molecule is COc1ccc(C=NNC(=S)Nc2cccc(S(=O)(=O)N(C)C)c2)cc1OCc1ccccc1. The van der Waals surface area contributed by atoms with Gasteiger partial charge in [-0.1, -0.05) is 36.4 Å². The highest BCUT2D eigenvalue weighted by Crippen LogP contribution is 2.28. The summed E-state index contributed by atoms with van der Waals surface area (Å²) in [5.41, 5.74) is 5.07. The predicted molar refractivity (Wildman–Crippen MR) is 138 cm³/mol. The Hall–Kier alpha value is -3.47. The van der Waals surface area contributed by atoms with E-state index < -0.39 is 10.0 Å². The molecule has 0 heterocycles. The summed E-state index contributed by atoms with van der Waals surface area (Å²) in [7, 11) is 1.00. The van der Waals surface area contributed by atoms with E-state index in [1.807, 2.05) is 42.5 Å². The van der Waals surface area contributed by atoms with Gasteiger partial charge in [0.1, 0.15) is 6.61 Å². The fraction of sp³-hybridized carbons (Fsp3) is 0.167. The fourth-order valence-corrected chi connectivity index (χ4v) is 4.01. The van der Waals surface area contributed by atoms with Gasteiger partial charge in [-0.15, -0.1) is 0 Å². The van der Waals surface area contributed by atoms with E-state index in [0.29, 0.717) is 23.8 Å². The van der Waals surface area contributed by atoms with E-state index >= 15 is 0 Å². The molecule has 0 spiro atoms. The largest absolute Gasteiger partial charge is 0.493 e. The van der Waals surface area contributed by atoms with Crippen LogP contribution in [0.15, 0.2) is 82.8 Å². The van der Waals surface area contributed by atoms with Gasteiger partial charge in [0.15, 0.2) is 16.6 Å². The molecule has 0 aliphatic carbocycles. The van der Waals surface area contributed by atoms with E-state index in [1.54, 1.807) is 31.5 Å². The van der Waals surface area contributed by atoms with Crippen molar-refractivity contribution in [2.24, 2.45) is 5.10 Å². The molecule has 3 aromatic carbocycles. The van der Waals surface area contributed by atoms with Crippen molar-refractivity contribution in [3.8, 4) is 11.5 Å². The Bertz CT molecular complexity index is 1260. The van der Waals surface area contributed by atoms with Crippen molar-refractivity contribution >= 4 is 39.3 Å². The summed E-state index contributed by atoms with van der Waals surface area (Å²) in [6.45, 7) is 0.409. The maximum Gasteiger partial charge on any atom is 0.242 e. The maximum absolute atomic E-state index is 12.3. The van der Waals surface area contributed by atoms with Crippen LogP contribution in [0.25, 0.3) is 0 Å². The molecule has 0 amide bonds. The van der Waals surface area contributed by atoms with Crippen molar-refractivity contribution in [1.29, 1.82) is 0 Å². The molecule has 0 atom stereocenters. The molecule has 178 valence electrons. The molecule has 0 aliphatic rings. The number of rotatable bonds is 9. The topological polar surface area (TPSA) is 92.3 Å². The van der Waals surface area contributed by atoms with Crippen LogP contribution in [0.2, 0.25) is 0 Å². The minimum Gasteiger partial charge on any atom is -0.493 e. The van der Waals surface area contributed by atoms with Gasteiger partial charge in [0, 0.05) is 19.8 Å². The van der Waals surface area contributed by atoms with Crippen LogP contribution in [0.4, 0.5) is 5.69 Å². The van der Waals surface area contributed by atoms with E-state index in [1.165, 1.54) is 26.2 Å². The minimum atomic E-state index is -3.54. The number of thiocarbonyl (C=S) groups is 1. The van der Waals surface area contributed by atoms with Gasteiger partial charge in [-0.25, -0.2) is 12.7 Å². The van der Waals surface area contributed by atoms with Gasteiger partial charge in [0.25, 0.3) is 0 Å². The molecule has 0 fully saturated rings. The number of hydrogen-bond acceptors (Lipinski definition) is 6. The molecule has 3 aromatic rings. The van der Waals surface area contributed by atoms with Crippen LogP contribution >= 0.6 is 12.2 Å². The molecule has 0 aromatic heterocycles. The van der Waals surface area contributed by atoms with Crippen LogP contribution in [-0.2, 0) is 16.6 Å². The van der Waals surface area contributed by atoms with Crippen molar-refractivity contribution in [3.05, 3.63) is 83.9 Å². The molecule has 0 saturated carbocycles. The molecule has 34 heavy (non-hydrogen) atoms. The molecule has 0 bridgehead atoms. The Morgan fingerprint density at radius 3 is 2.50 bits per heavy atom. The van der Waals surface area contributed by atoms with E-state index in [2.05, 4.69) is 15.8 Å². The summed E-state index contributed by atoms with van der Waals surface area (Å²) in [6, 6.07) is 21.7. The molecule has 0 radical (unpaired) electrons. The lowest BCUT2D eigenvalue weighted by atomic mass is 10.2. The molecule has 3 rings (SSSR count). The number of ether oxygens (including phenoxy) is 2. The van der Waals surface area contributed by atoms with Crippen LogP contribution in [0, 0.1) is 0 Å². The average Bonchev–Trinajstić information content (AvgIpc) is 2.83. The lowest BCUT2D eigenvalue weighted by Crippen LogP contribution is -2.25. The Morgan fingerprint density at radius 2 is 1.79 bits per heavy atom. The first-order valence-corrected chi connectivity index (χ1v) is 12.1. The smallest absolute Gasteiger partial charge is 0.242 e. The molecule has 8 nitrogen and oxygen atoms in total. The van der Waals surface area contributed by atoms with Crippen LogP contribution in [0.3, 0.4) is 0 Å². The van der Waals surface area contributed by atoms with Crippen molar-refractivity contribution < 1.29 is 17.9 Å². The number of hydrazone groups is 1. The normalized spacial score (nSPS) is 11.4. The third kappa shape index (κ3) is 6.77. The highest BCUT2D eigenvalue weighted by Gasteiger charge is 2.17. The standard InChI is InChI=1S/C24H26N4O4S2/c1-28(2)34(29,30)21-11-7-10-20(15-21)26-24(33)27-25-16-19-12-13-22(31-3)23(14-19)32-17-18-8-5-4-6-9-18/h4-16H,17H2,1-3H3,(H2,26,27,33). The number of benzene rings is 3. The summed E-state index contributed by atoms with van der Waals surface area (Å²) in [4.78, 5) is 0.162. The number of anilines is 1. The van der Waals surface area contributed by atoms with Gasteiger partial charge in [-0.05, 0) is 59.7 Å². The molecule has 10 heteroatoms. The van der Waals surface area contributed by atoms with Crippen molar-refractivity contribution in [3.63, 3.8) is 0 Å². The van der Waals surface area contributed by atoms with Crippen LogP contribution in [-0.4, -0.2) is 45.3 Å². The van der Waals surface area contributed by atoms with Gasteiger partial charge in [0.2, 0.25) is 10.0 Å². The molecule has 0 aliphatic heterocycles. The van der Waals surface area contributed by atoms with Gasteiger partial charge >= 0.3 is 0 Å². The maximum atomic E-state index is 12.3. The summed E-state index contributed by atoms with van der Waals surface area (Å²) < 4.78 is 37.1. The molecular formula is C24H26N4O4S2. The van der Waals surface area contributed by atoms with E-state index in [-0.39, 0.29) is 10.0 Å². The number of methoxy groups -OCH3 is 1. The number of nitrogens with one attached hydrogen (secondary N) is 2. The summed E-state index contributed by atoms with van der Waals surface area (Å²) in [5, 5.41) is 7.29. The lowest BCUT2D eigenvalue weighted by molar-refractivity contribution is 0.284. The number of hydrogen-bond donors (Lipinski definition) is 2. The summed E-state index contributed by atoms with van der Waals surface area (Å²) >= 11 is 5.26. The molecule has 2 N–H and O–H groups in total. The highest BCUT2D eigenvalue weighted by molar-refractivity contribution is 7.89. The first-order chi connectivity index (χ1) is 16.3. The first kappa shape index (κ1) is 25.2. The fourth-order valence-electron chi connectivity index (χ4n) is 2.89. The minimum absolute atomic E-state index is 0.162. The quantitative estimate of drug-likeness (QED) is 0.263. The van der Waals surface area contributed by atoms with Gasteiger partial charge in [0.05, 0.1) is 18.2 Å².